The molecule has 1 aromatic carbocycles. The van der Waals surface area contributed by atoms with Crippen LogP contribution in [0.25, 0.3) is 0 Å². The number of piperidine rings is 2. The molecule has 0 bridgehead atoms. The Kier molecular flexibility index (Phi) is 15.4. The highest BCUT2D eigenvalue weighted by molar-refractivity contribution is 8.00. The van der Waals surface area contributed by atoms with Gasteiger partial charge in [0.05, 0.1) is 13.0 Å². The Balaban J connectivity index is 0.000000287. The fraction of sp³-hybridized carbons (Fsp3) is 0.594. The van der Waals surface area contributed by atoms with E-state index in [0.717, 1.165) is 19.3 Å². The SMILES string of the molecule is CC(C)(C)CCNC(=O)c1ccc(OC(=O)N2CCC(Sc3nnnn3CCC(=O)O)CC2)cc1.O=C(O)Cn1nnnc1SC1CCN(C(=O)O)CC1. The Morgan fingerprint density at radius 3 is 1.85 bits per heavy atom. The zero-order chi connectivity index (χ0) is 39.3. The number of ether oxygens (including phenoxy) is 1. The van der Waals surface area contributed by atoms with Crippen molar-refractivity contribution in [3.05, 3.63) is 29.8 Å². The molecule has 2 aromatic heterocycles. The number of carbonyl (C=O) groups excluding carboxylic acids is 2. The molecule has 294 valence electrons. The second-order valence-electron chi connectivity index (χ2n) is 13.7. The second kappa shape index (κ2) is 19.9. The van der Waals surface area contributed by atoms with E-state index in [9.17, 15) is 24.0 Å². The van der Waals surface area contributed by atoms with Crippen LogP contribution in [-0.4, -0.2) is 139 Å². The largest absolute Gasteiger partial charge is 0.481 e. The summed E-state index contributed by atoms with van der Waals surface area (Å²) in [6.07, 6.45) is 2.38. The van der Waals surface area contributed by atoms with Crippen molar-refractivity contribution in [2.75, 3.05) is 32.7 Å². The molecule has 3 amide bonds. The van der Waals surface area contributed by atoms with Crippen LogP contribution in [-0.2, 0) is 22.7 Å². The van der Waals surface area contributed by atoms with Gasteiger partial charge in [-0.25, -0.2) is 19.0 Å². The molecule has 2 fully saturated rings. The van der Waals surface area contributed by atoms with Gasteiger partial charge in [-0.2, -0.15) is 0 Å². The van der Waals surface area contributed by atoms with E-state index in [0.29, 0.717) is 67.2 Å². The van der Waals surface area contributed by atoms with E-state index in [1.165, 1.54) is 37.8 Å². The third-order valence-electron chi connectivity index (χ3n) is 8.26. The number of hydrogen-bond acceptors (Lipinski definition) is 14. The first kappa shape index (κ1) is 41.8. The van der Waals surface area contributed by atoms with Gasteiger partial charge >= 0.3 is 24.1 Å². The van der Waals surface area contributed by atoms with Crippen molar-refractivity contribution >= 4 is 53.6 Å². The quantitative estimate of drug-likeness (QED) is 0.194. The number of aryl methyl sites for hydroxylation is 1. The van der Waals surface area contributed by atoms with Crippen LogP contribution in [0.5, 0.6) is 5.75 Å². The van der Waals surface area contributed by atoms with Crippen molar-refractivity contribution in [3.63, 3.8) is 0 Å². The second-order valence-corrected chi connectivity index (χ2v) is 16.2. The molecule has 2 aliphatic rings. The number of nitrogens with one attached hydrogen (secondary N) is 1. The third-order valence-corrected chi connectivity index (χ3v) is 10.9. The summed E-state index contributed by atoms with van der Waals surface area (Å²) < 4.78 is 8.21. The van der Waals surface area contributed by atoms with E-state index >= 15 is 0 Å². The Hall–Kier alpha value is -4.99. The van der Waals surface area contributed by atoms with Crippen LogP contribution in [0.2, 0.25) is 0 Å². The number of tetrazole rings is 2. The van der Waals surface area contributed by atoms with Crippen LogP contribution >= 0.6 is 23.5 Å². The van der Waals surface area contributed by atoms with Crippen LogP contribution in [0.15, 0.2) is 34.6 Å². The Labute approximate surface area is 319 Å². The normalized spacial score (nSPS) is 15.2. The number of carbonyl (C=O) groups is 5. The minimum absolute atomic E-state index is 0.0499. The summed E-state index contributed by atoms with van der Waals surface area (Å²) in [6.45, 7) is 8.93. The van der Waals surface area contributed by atoms with Crippen molar-refractivity contribution in [3.8, 4) is 5.75 Å². The topological polar surface area (TPSA) is 261 Å². The third kappa shape index (κ3) is 13.8. The fourth-order valence-electron chi connectivity index (χ4n) is 5.24. The summed E-state index contributed by atoms with van der Waals surface area (Å²) >= 11 is 2.89. The van der Waals surface area contributed by atoms with Crippen molar-refractivity contribution in [2.24, 2.45) is 5.41 Å². The van der Waals surface area contributed by atoms with Gasteiger partial charge in [0.15, 0.2) is 0 Å². The molecule has 22 heteroatoms. The van der Waals surface area contributed by atoms with E-state index in [-0.39, 0.29) is 41.3 Å². The lowest BCUT2D eigenvalue weighted by Gasteiger charge is -2.30. The minimum atomic E-state index is -1.00. The lowest BCUT2D eigenvalue weighted by molar-refractivity contribution is -0.138. The molecule has 4 heterocycles. The number of likely N-dealkylation sites (tertiary alicyclic amines) is 2. The van der Waals surface area contributed by atoms with Crippen molar-refractivity contribution in [1.82, 2.24) is 55.5 Å². The lowest BCUT2D eigenvalue weighted by Crippen LogP contribution is -2.41. The number of carboxylic acids is 2. The van der Waals surface area contributed by atoms with Gasteiger partial charge in [0.1, 0.15) is 12.3 Å². The number of carboxylic acid groups (broad SMARTS) is 3. The Bertz CT molecular complexity index is 1720. The Morgan fingerprint density at radius 2 is 1.33 bits per heavy atom. The van der Waals surface area contributed by atoms with Crippen molar-refractivity contribution in [1.29, 1.82) is 0 Å². The van der Waals surface area contributed by atoms with E-state index < -0.39 is 24.1 Å². The standard InChI is InChI=1S/C23H32N6O5S.C9H13N5O4S/c1-23(2,3)11-12-24-20(32)16-4-6-17(7-5-16)34-22(33)28-13-8-18(9-14-28)35-21-25-26-27-29(21)15-10-19(30)31;15-7(16)5-14-8(10-11-12-14)19-6-1-3-13(4-2-6)9(17)18/h4-7,18H,8-15H2,1-3H3,(H,24,32)(H,30,31);6H,1-5H2,(H,15,16)(H,17,18). The van der Waals surface area contributed by atoms with Gasteiger partial charge in [0.2, 0.25) is 10.3 Å². The van der Waals surface area contributed by atoms with Gasteiger partial charge in [0, 0.05) is 48.8 Å². The smallest absolute Gasteiger partial charge is 0.415 e. The van der Waals surface area contributed by atoms with Crippen LogP contribution < -0.4 is 10.1 Å². The molecule has 0 spiro atoms. The van der Waals surface area contributed by atoms with Gasteiger partial charge in [-0.3, -0.25) is 14.4 Å². The number of hydrogen-bond donors (Lipinski definition) is 4. The molecule has 2 saturated heterocycles. The zero-order valence-electron chi connectivity index (χ0n) is 30.2. The Morgan fingerprint density at radius 1 is 0.796 bits per heavy atom. The number of rotatable bonds is 13. The van der Waals surface area contributed by atoms with E-state index in [2.05, 4.69) is 57.1 Å². The highest BCUT2D eigenvalue weighted by Crippen LogP contribution is 2.30. The summed E-state index contributed by atoms with van der Waals surface area (Å²) in [7, 11) is 0. The molecule has 0 radical (unpaired) electrons. The molecule has 0 saturated carbocycles. The predicted octanol–water partition coefficient (Wildman–Crippen LogP) is 3.06. The maximum atomic E-state index is 12.6. The molecule has 5 rings (SSSR count). The monoisotopic (exact) mass is 791 g/mol. The number of aliphatic carboxylic acids is 2. The van der Waals surface area contributed by atoms with Crippen LogP contribution in [0.3, 0.4) is 0 Å². The summed E-state index contributed by atoms with van der Waals surface area (Å²) in [5.74, 6) is -1.68. The molecule has 0 unspecified atom stereocenters. The highest BCUT2D eigenvalue weighted by Gasteiger charge is 2.27. The average Bonchev–Trinajstić information content (AvgIpc) is 3.76. The first-order valence-electron chi connectivity index (χ1n) is 17.3. The number of thioether (sulfide) groups is 2. The molecule has 54 heavy (non-hydrogen) atoms. The first-order chi connectivity index (χ1) is 25.7. The van der Waals surface area contributed by atoms with E-state index in [1.807, 2.05) is 0 Å². The number of amides is 3. The van der Waals surface area contributed by atoms with Gasteiger partial charge < -0.3 is 35.2 Å². The van der Waals surface area contributed by atoms with Crippen LogP contribution in [0, 0.1) is 5.41 Å². The first-order valence-corrected chi connectivity index (χ1v) is 19.0. The maximum Gasteiger partial charge on any atom is 0.415 e. The summed E-state index contributed by atoms with van der Waals surface area (Å²) in [6, 6.07) is 6.53. The number of aromatic nitrogens is 8. The molecule has 4 N–H and O–H groups in total. The summed E-state index contributed by atoms with van der Waals surface area (Å²) in [4.78, 5) is 60.1. The summed E-state index contributed by atoms with van der Waals surface area (Å²) in [5, 5.41) is 53.1. The van der Waals surface area contributed by atoms with E-state index in [1.54, 1.807) is 29.2 Å². The van der Waals surface area contributed by atoms with Crippen LogP contribution in [0.4, 0.5) is 9.59 Å². The van der Waals surface area contributed by atoms with Crippen LogP contribution in [0.1, 0.15) is 69.7 Å². The molecular formula is C32H45N11O9S2. The van der Waals surface area contributed by atoms with Crippen molar-refractivity contribution < 1.29 is 44.0 Å². The average molecular weight is 792 g/mol. The van der Waals surface area contributed by atoms with Crippen molar-refractivity contribution in [2.45, 2.75) is 93.2 Å². The van der Waals surface area contributed by atoms with Gasteiger partial charge in [-0.15, -0.1) is 10.2 Å². The summed E-state index contributed by atoms with van der Waals surface area (Å²) in [5.41, 5.74) is 0.666. The number of benzene rings is 1. The lowest BCUT2D eigenvalue weighted by atomic mass is 9.92. The molecule has 0 atom stereocenters. The van der Waals surface area contributed by atoms with Gasteiger partial charge in [-0.05, 0) is 82.6 Å². The fourth-order valence-corrected chi connectivity index (χ4v) is 7.37. The zero-order valence-corrected chi connectivity index (χ0v) is 31.9. The molecular weight excluding hydrogens is 747 g/mol. The van der Waals surface area contributed by atoms with Gasteiger partial charge in [-0.1, -0.05) is 44.3 Å². The predicted molar refractivity (Wildman–Crippen MR) is 193 cm³/mol. The molecule has 20 nitrogen and oxygen atoms in total. The van der Waals surface area contributed by atoms with Gasteiger partial charge in [0.25, 0.3) is 5.91 Å². The molecule has 2 aliphatic heterocycles. The molecule has 0 aliphatic carbocycles. The maximum absolute atomic E-state index is 12.6. The number of nitrogens with zero attached hydrogens (tertiary/aromatic N) is 10. The highest BCUT2D eigenvalue weighted by atomic mass is 32.2. The molecule has 3 aromatic rings. The minimum Gasteiger partial charge on any atom is -0.481 e. The van der Waals surface area contributed by atoms with E-state index in [4.69, 9.17) is 20.1 Å².